The molecule has 1 atom stereocenters. The van der Waals surface area contributed by atoms with Crippen LogP contribution in [0.5, 0.6) is 0 Å². The van der Waals surface area contributed by atoms with Crippen LogP contribution in [0.2, 0.25) is 0 Å². The fourth-order valence-corrected chi connectivity index (χ4v) is 2.64. The Labute approximate surface area is 111 Å². The minimum atomic E-state index is -0.682. The first-order valence-electron chi connectivity index (χ1n) is 6.66. The molecule has 0 N–H and O–H groups in total. The van der Waals surface area contributed by atoms with Crippen LogP contribution in [0.3, 0.4) is 0 Å². The number of hydrogen-bond acceptors (Lipinski definition) is 4. The molecule has 1 fully saturated rings. The van der Waals surface area contributed by atoms with E-state index in [0.29, 0.717) is 6.61 Å². The van der Waals surface area contributed by atoms with E-state index >= 15 is 0 Å². The molecule has 0 bridgehead atoms. The van der Waals surface area contributed by atoms with Gasteiger partial charge in [-0.1, -0.05) is 6.58 Å². The van der Waals surface area contributed by atoms with Gasteiger partial charge in [0.1, 0.15) is 6.61 Å². The smallest absolute Gasteiger partial charge is 0.257 e. The maximum absolute atomic E-state index is 12.1. The van der Waals surface area contributed by atoms with Crippen LogP contribution in [0.1, 0.15) is 25.7 Å². The number of hydrogen-bond donors (Lipinski definition) is 0. The highest BCUT2D eigenvalue weighted by Crippen LogP contribution is 2.33. The number of amides is 2. The molecule has 0 unspecified atom stereocenters. The van der Waals surface area contributed by atoms with Gasteiger partial charge in [0.2, 0.25) is 5.79 Å². The molecule has 0 saturated carbocycles. The van der Waals surface area contributed by atoms with Crippen molar-refractivity contribution in [2.75, 3.05) is 19.8 Å². The van der Waals surface area contributed by atoms with Crippen molar-refractivity contribution in [1.29, 1.82) is 0 Å². The molecule has 3 aliphatic rings. The van der Waals surface area contributed by atoms with Crippen LogP contribution in [0.15, 0.2) is 23.8 Å². The van der Waals surface area contributed by atoms with E-state index in [1.165, 1.54) is 4.90 Å². The Hall–Kier alpha value is -1.46. The second-order valence-corrected chi connectivity index (χ2v) is 5.08. The molecular formula is C14H17NO4. The Morgan fingerprint density at radius 2 is 1.84 bits per heavy atom. The van der Waals surface area contributed by atoms with Crippen LogP contribution in [0.4, 0.5) is 0 Å². The standard InChI is InChI=1S/C14H17NO4/c1-2-14(9-19-14)18-8-7-15-12(16)10-5-3-4-6-11(10)13(15)17/h2H,1,3-9H2/t14-/m1/s1. The predicted molar refractivity (Wildman–Crippen MR) is 67.0 cm³/mol. The van der Waals surface area contributed by atoms with Crippen LogP contribution in [0.25, 0.3) is 0 Å². The average molecular weight is 263 g/mol. The van der Waals surface area contributed by atoms with Crippen molar-refractivity contribution >= 4 is 11.8 Å². The fraction of sp³-hybridized carbons (Fsp3) is 0.571. The summed E-state index contributed by atoms with van der Waals surface area (Å²) < 4.78 is 10.6. The zero-order valence-corrected chi connectivity index (χ0v) is 10.8. The Morgan fingerprint density at radius 3 is 2.32 bits per heavy atom. The predicted octanol–water partition coefficient (Wildman–Crippen LogP) is 1.15. The largest absolute Gasteiger partial charge is 0.343 e. The van der Waals surface area contributed by atoms with Crippen molar-refractivity contribution in [1.82, 2.24) is 4.90 Å². The molecule has 1 saturated heterocycles. The number of rotatable bonds is 5. The van der Waals surface area contributed by atoms with Crippen LogP contribution in [-0.4, -0.2) is 42.3 Å². The highest BCUT2D eigenvalue weighted by molar-refractivity contribution is 6.19. The van der Waals surface area contributed by atoms with Gasteiger partial charge in [0.15, 0.2) is 0 Å². The van der Waals surface area contributed by atoms with Gasteiger partial charge in [0.25, 0.3) is 11.8 Å². The SMILES string of the molecule is C=C[C@]1(OCCN2C(=O)C3=C(CCCC3)C2=O)CO1. The summed E-state index contributed by atoms with van der Waals surface area (Å²) in [5, 5.41) is 0. The van der Waals surface area contributed by atoms with Gasteiger partial charge >= 0.3 is 0 Å². The third-order valence-electron chi connectivity index (χ3n) is 3.88. The van der Waals surface area contributed by atoms with Gasteiger partial charge in [-0.2, -0.15) is 0 Å². The molecule has 2 aliphatic heterocycles. The summed E-state index contributed by atoms with van der Waals surface area (Å²) in [4.78, 5) is 25.6. The molecule has 5 nitrogen and oxygen atoms in total. The van der Waals surface area contributed by atoms with Gasteiger partial charge < -0.3 is 9.47 Å². The van der Waals surface area contributed by atoms with Gasteiger partial charge in [0, 0.05) is 11.1 Å². The topological polar surface area (TPSA) is 59.1 Å². The van der Waals surface area contributed by atoms with E-state index < -0.39 is 5.79 Å². The molecule has 102 valence electrons. The number of carbonyl (C=O) groups excluding carboxylic acids is 2. The van der Waals surface area contributed by atoms with Crippen molar-refractivity contribution in [3.8, 4) is 0 Å². The molecule has 19 heavy (non-hydrogen) atoms. The molecule has 3 rings (SSSR count). The number of ether oxygens (including phenoxy) is 2. The highest BCUT2D eigenvalue weighted by atomic mass is 16.8. The third-order valence-corrected chi connectivity index (χ3v) is 3.88. The summed E-state index contributed by atoms with van der Waals surface area (Å²) in [6.07, 6.45) is 5.06. The lowest BCUT2D eigenvalue weighted by Crippen LogP contribution is -2.35. The fourth-order valence-electron chi connectivity index (χ4n) is 2.64. The molecule has 0 radical (unpaired) electrons. The van der Waals surface area contributed by atoms with Crippen molar-refractivity contribution in [3.63, 3.8) is 0 Å². The second-order valence-electron chi connectivity index (χ2n) is 5.08. The number of nitrogens with zero attached hydrogens (tertiary/aromatic N) is 1. The molecular weight excluding hydrogens is 246 g/mol. The molecule has 5 heteroatoms. The number of epoxide rings is 1. The Bertz CT molecular complexity index is 448. The van der Waals surface area contributed by atoms with Gasteiger partial charge in [-0.3, -0.25) is 14.5 Å². The van der Waals surface area contributed by atoms with E-state index in [1.54, 1.807) is 6.08 Å². The van der Waals surface area contributed by atoms with E-state index in [2.05, 4.69) is 6.58 Å². The van der Waals surface area contributed by atoms with Crippen molar-refractivity contribution in [2.45, 2.75) is 31.5 Å². The first-order chi connectivity index (χ1) is 9.17. The van der Waals surface area contributed by atoms with Crippen LogP contribution in [0, 0.1) is 0 Å². The lowest BCUT2D eigenvalue weighted by atomic mass is 9.93. The van der Waals surface area contributed by atoms with Crippen LogP contribution < -0.4 is 0 Å². The number of imide groups is 1. The van der Waals surface area contributed by atoms with E-state index in [4.69, 9.17) is 9.47 Å². The molecule has 0 aromatic carbocycles. The quantitative estimate of drug-likeness (QED) is 0.424. The molecule has 0 aromatic heterocycles. The Morgan fingerprint density at radius 1 is 1.26 bits per heavy atom. The van der Waals surface area contributed by atoms with Gasteiger partial charge in [0.05, 0.1) is 13.2 Å². The van der Waals surface area contributed by atoms with Crippen molar-refractivity contribution < 1.29 is 19.1 Å². The summed E-state index contributed by atoms with van der Waals surface area (Å²) in [5.74, 6) is -0.945. The summed E-state index contributed by atoms with van der Waals surface area (Å²) in [5.41, 5.74) is 1.44. The zero-order chi connectivity index (χ0) is 13.5. The van der Waals surface area contributed by atoms with Crippen molar-refractivity contribution in [3.05, 3.63) is 23.8 Å². The average Bonchev–Trinajstić information content (AvgIpc) is 3.18. The normalized spacial score (nSPS) is 29.8. The van der Waals surface area contributed by atoms with Gasteiger partial charge in [-0.25, -0.2) is 0 Å². The summed E-state index contributed by atoms with van der Waals surface area (Å²) in [6, 6.07) is 0. The molecule has 0 aromatic rings. The molecule has 2 amide bonds. The summed E-state index contributed by atoms with van der Waals surface area (Å²) >= 11 is 0. The minimum absolute atomic E-state index is 0.132. The first kappa shape index (κ1) is 12.6. The van der Waals surface area contributed by atoms with Crippen LogP contribution in [-0.2, 0) is 19.1 Å². The van der Waals surface area contributed by atoms with E-state index in [-0.39, 0.29) is 25.0 Å². The second kappa shape index (κ2) is 4.58. The van der Waals surface area contributed by atoms with Crippen LogP contribution >= 0.6 is 0 Å². The third kappa shape index (κ3) is 2.13. The zero-order valence-electron chi connectivity index (χ0n) is 10.8. The monoisotopic (exact) mass is 263 g/mol. The molecule has 2 heterocycles. The lowest BCUT2D eigenvalue weighted by Gasteiger charge is -2.16. The van der Waals surface area contributed by atoms with Gasteiger partial charge in [-0.05, 0) is 31.8 Å². The minimum Gasteiger partial charge on any atom is -0.343 e. The Kier molecular flexibility index (Phi) is 3.03. The van der Waals surface area contributed by atoms with E-state index in [9.17, 15) is 9.59 Å². The Balaban J connectivity index is 1.59. The van der Waals surface area contributed by atoms with Gasteiger partial charge in [-0.15, -0.1) is 0 Å². The van der Waals surface area contributed by atoms with E-state index in [1.807, 2.05) is 0 Å². The number of carbonyl (C=O) groups is 2. The molecule has 1 aliphatic carbocycles. The van der Waals surface area contributed by atoms with Crippen molar-refractivity contribution in [2.24, 2.45) is 0 Å². The van der Waals surface area contributed by atoms with E-state index in [0.717, 1.165) is 36.8 Å². The molecule has 0 spiro atoms. The summed E-state index contributed by atoms with van der Waals surface area (Å²) in [6.45, 7) is 4.68. The maximum Gasteiger partial charge on any atom is 0.257 e. The maximum atomic E-state index is 12.1. The first-order valence-corrected chi connectivity index (χ1v) is 6.66. The summed E-state index contributed by atoms with van der Waals surface area (Å²) in [7, 11) is 0. The lowest BCUT2D eigenvalue weighted by molar-refractivity contribution is -0.139. The highest BCUT2D eigenvalue weighted by Gasteiger charge is 2.44.